The predicted molar refractivity (Wildman–Crippen MR) is 82.9 cm³/mol. The van der Waals surface area contributed by atoms with E-state index in [1.807, 2.05) is 0 Å². The fourth-order valence-electron chi connectivity index (χ4n) is 3.18. The lowest BCUT2D eigenvalue weighted by molar-refractivity contribution is 0.0916. The molecule has 2 heterocycles. The van der Waals surface area contributed by atoms with E-state index in [2.05, 4.69) is 37.7 Å². The third-order valence-electron chi connectivity index (χ3n) is 4.39. The van der Waals surface area contributed by atoms with E-state index in [-0.39, 0.29) is 11.2 Å². The van der Waals surface area contributed by atoms with Crippen LogP contribution in [0.2, 0.25) is 0 Å². The van der Waals surface area contributed by atoms with Gasteiger partial charge in [-0.25, -0.2) is 4.98 Å². The fraction of sp³-hybridized carbons (Fsp3) is 0.733. The second kappa shape index (κ2) is 4.81. The van der Waals surface area contributed by atoms with Crippen molar-refractivity contribution in [1.82, 2.24) is 9.88 Å². The van der Waals surface area contributed by atoms with Crippen LogP contribution in [0.3, 0.4) is 0 Å². The van der Waals surface area contributed by atoms with Gasteiger partial charge in [0.15, 0.2) is 10.9 Å². The first-order chi connectivity index (χ1) is 9.35. The third kappa shape index (κ3) is 2.49. The SMILES string of the molecule is CN(C)C1CCN(c2nc3c(s2)C(=O)CC(C)(C)C3)C1. The lowest BCUT2D eigenvalue weighted by Crippen LogP contribution is -2.31. The smallest absolute Gasteiger partial charge is 0.186 e. The number of Topliss-reactive ketones (excluding diaryl/α,β-unsaturated/α-hetero) is 1. The first kappa shape index (κ1) is 14.0. The standard InChI is InChI=1S/C15H23N3OS/c1-15(2)7-11-13(12(19)8-15)20-14(16-11)18-6-5-10(9-18)17(3)4/h10H,5-9H2,1-4H3. The molecule has 1 unspecified atom stereocenters. The predicted octanol–water partition coefficient (Wildman–Crippen LogP) is 2.44. The van der Waals surface area contributed by atoms with Gasteiger partial charge in [-0.3, -0.25) is 4.79 Å². The minimum absolute atomic E-state index is 0.0621. The molecule has 1 fully saturated rings. The van der Waals surface area contributed by atoms with Gasteiger partial charge in [-0.1, -0.05) is 25.2 Å². The highest BCUT2D eigenvalue weighted by Crippen LogP contribution is 2.39. The number of ketones is 1. The Balaban J connectivity index is 1.83. The maximum Gasteiger partial charge on any atom is 0.186 e. The molecule has 4 nitrogen and oxygen atoms in total. The number of carbonyl (C=O) groups is 1. The first-order valence-electron chi connectivity index (χ1n) is 7.30. The quantitative estimate of drug-likeness (QED) is 0.839. The molecule has 110 valence electrons. The largest absolute Gasteiger partial charge is 0.346 e. The maximum atomic E-state index is 12.2. The van der Waals surface area contributed by atoms with Crippen molar-refractivity contribution >= 4 is 22.3 Å². The van der Waals surface area contributed by atoms with E-state index in [0.717, 1.165) is 35.2 Å². The lowest BCUT2D eigenvalue weighted by Gasteiger charge is -2.26. The van der Waals surface area contributed by atoms with E-state index in [0.29, 0.717) is 12.5 Å². The number of rotatable bonds is 2. The fourth-order valence-corrected chi connectivity index (χ4v) is 4.23. The van der Waals surface area contributed by atoms with Crippen LogP contribution in [0.5, 0.6) is 0 Å². The zero-order valence-electron chi connectivity index (χ0n) is 12.8. The summed E-state index contributed by atoms with van der Waals surface area (Å²) in [5, 5.41) is 1.05. The number of aromatic nitrogens is 1. The summed E-state index contributed by atoms with van der Waals surface area (Å²) in [5.74, 6) is 0.281. The zero-order valence-corrected chi connectivity index (χ0v) is 13.6. The Kier molecular flexibility index (Phi) is 3.37. The van der Waals surface area contributed by atoms with E-state index in [4.69, 9.17) is 4.98 Å². The number of hydrogen-bond donors (Lipinski definition) is 0. The number of anilines is 1. The van der Waals surface area contributed by atoms with Crippen LogP contribution in [-0.4, -0.2) is 48.9 Å². The molecule has 1 aromatic heterocycles. The van der Waals surface area contributed by atoms with Gasteiger partial charge in [-0.05, 0) is 32.4 Å². The molecule has 1 aliphatic heterocycles. The normalized spacial score (nSPS) is 25.4. The molecular formula is C15H23N3OS. The molecule has 1 aliphatic carbocycles. The molecule has 0 bridgehead atoms. The second-order valence-electron chi connectivity index (χ2n) is 7.07. The highest BCUT2D eigenvalue weighted by atomic mass is 32.1. The van der Waals surface area contributed by atoms with Crippen LogP contribution in [0.1, 0.15) is 42.1 Å². The highest BCUT2D eigenvalue weighted by Gasteiger charge is 2.35. The molecule has 0 spiro atoms. The second-order valence-corrected chi connectivity index (χ2v) is 8.04. The van der Waals surface area contributed by atoms with Crippen molar-refractivity contribution in [3.63, 3.8) is 0 Å². The number of thiazole rings is 1. The van der Waals surface area contributed by atoms with Crippen molar-refractivity contribution in [3.8, 4) is 0 Å². The van der Waals surface area contributed by atoms with Crippen molar-refractivity contribution in [2.45, 2.75) is 39.2 Å². The summed E-state index contributed by atoms with van der Waals surface area (Å²) in [5.41, 5.74) is 1.09. The van der Waals surface area contributed by atoms with Gasteiger partial charge < -0.3 is 9.80 Å². The van der Waals surface area contributed by atoms with Crippen molar-refractivity contribution < 1.29 is 4.79 Å². The van der Waals surface area contributed by atoms with Crippen LogP contribution in [0.25, 0.3) is 0 Å². The molecule has 0 aromatic carbocycles. The Morgan fingerprint density at radius 1 is 1.35 bits per heavy atom. The van der Waals surface area contributed by atoms with Crippen LogP contribution in [-0.2, 0) is 6.42 Å². The van der Waals surface area contributed by atoms with Crippen LogP contribution in [0.4, 0.5) is 5.13 Å². The van der Waals surface area contributed by atoms with E-state index in [9.17, 15) is 4.79 Å². The molecule has 1 atom stereocenters. The van der Waals surface area contributed by atoms with E-state index >= 15 is 0 Å². The average Bonchev–Trinajstić information content (AvgIpc) is 2.91. The highest BCUT2D eigenvalue weighted by molar-refractivity contribution is 7.17. The van der Waals surface area contributed by atoms with E-state index in [1.165, 1.54) is 6.42 Å². The molecule has 0 amide bonds. The number of nitrogens with zero attached hydrogens (tertiary/aromatic N) is 3. The van der Waals surface area contributed by atoms with Crippen LogP contribution in [0, 0.1) is 5.41 Å². The van der Waals surface area contributed by atoms with E-state index < -0.39 is 0 Å². The van der Waals surface area contributed by atoms with Gasteiger partial charge in [0.25, 0.3) is 0 Å². The summed E-state index contributed by atoms with van der Waals surface area (Å²) in [6, 6.07) is 0.600. The number of likely N-dealkylation sites (N-methyl/N-ethyl adjacent to an activating group) is 1. The summed E-state index contributed by atoms with van der Waals surface area (Å²) in [7, 11) is 4.26. The zero-order chi connectivity index (χ0) is 14.5. The van der Waals surface area contributed by atoms with Crippen molar-refractivity contribution in [1.29, 1.82) is 0 Å². The van der Waals surface area contributed by atoms with Crippen molar-refractivity contribution in [2.24, 2.45) is 5.41 Å². The van der Waals surface area contributed by atoms with Crippen LogP contribution >= 0.6 is 11.3 Å². The molecule has 0 N–H and O–H groups in total. The molecule has 2 aliphatic rings. The molecule has 1 saturated heterocycles. The number of carbonyl (C=O) groups excluding carboxylic acids is 1. The summed E-state index contributed by atoms with van der Waals surface area (Å²) < 4.78 is 0. The molecular weight excluding hydrogens is 270 g/mol. The molecule has 0 saturated carbocycles. The van der Waals surface area contributed by atoms with Gasteiger partial charge in [0, 0.05) is 25.6 Å². The maximum absolute atomic E-state index is 12.2. The minimum atomic E-state index is 0.0621. The first-order valence-corrected chi connectivity index (χ1v) is 8.12. The van der Waals surface area contributed by atoms with Gasteiger partial charge in [0.1, 0.15) is 0 Å². The molecule has 20 heavy (non-hydrogen) atoms. The van der Waals surface area contributed by atoms with Gasteiger partial charge in [0.05, 0.1) is 10.6 Å². The Hall–Kier alpha value is -0.940. The van der Waals surface area contributed by atoms with Gasteiger partial charge in [0.2, 0.25) is 0 Å². The summed E-state index contributed by atoms with van der Waals surface area (Å²) >= 11 is 1.60. The Labute approximate surface area is 124 Å². The Bertz CT molecular complexity index is 535. The summed E-state index contributed by atoms with van der Waals surface area (Å²) in [6.45, 7) is 6.39. The number of fused-ring (bicyclic) bond motifs is 1. The molecule has 3 rings (SSSR count). The van der Waals surface area contributed by atoms with E-state index in [1.54, 1.807) is 11.3 Å². The lowest BCUT2D eigenvalue weighted by atomic mass is 9.78. The molecule has 0 radical (unpaired) electrons. The van der Waals surface area contributed by atoms with Crippen molar-refractivity contribution in [2.75, 3.05) is 32.1 Å². The van der Waals surface area contributed by atoms with Gasteiger partial charge in [-0.2, -0.15) is 0 Å². The van der Waals surface area contributed by atoms with Crippen LogP contribution in [0.15, 0.2) is 0 Å². The Morgan fingerprint density at radius 2 is 2.10 bits per heavy atom. The molecule has 5 heteroatoms. The monoisotopic (exact) mass is 293 g/mol. The number of hydrogen-bond acceptors (Lipinski definition) is 5. The third-order valence-corrected chi connectivity index (χ3v) is 5.59. The molecule has 1 aromatic rings. The Morgan fingerprint density at radius 3 is 2.75 bits per heavy atom. The van der Waals surface area contributed by atoms with Gasteiger partial charge in [-0.15, -0.1) is 0 Å². The van der Waals surface area contributed by atoms with Crippen molar-refractivity contribution in [3.05, 3.63) is 10.6 Å². The summed E-state index contributed by atoms with van der Waals surface area (Å²) in [6.07, 6.45) is 2.76. The van der Waals surface area contributed by atoms with Gasteiger partial charge >= 0.3 is 0 Å². The summed E-state index contributed by atoms with van der Waals surface area (Å²) in [4.78, 5) is 22.6. The van der Waals surface area contributed by atoms with Crippen LogP contribution < -0.4 is 4.90 Å². The average molecular weight is 293 g/mol. The minimum Gasteiger partial charge on any atom is -0.346 e. The topological polar surface area (TPSA) is 36.4 Å².